The summed E-state index contributed by atoms with van der Waals surface area (Å²) in [4.78, 5) is 10.1. The van der Waals surface area contributed by atoms with Crippen molar-refractivity contribution in [2.45, 2.75) is 26.1 Å². The van der Waals surface area contributed by atoms with Crippen molar-refractivity contribution in [3.05, 3.63) is 11.1 Å². The van der Waals surface area contributed by atoms with E-state index >= 15 is 0 Å². The Morgan fingerprint density at radius 3 is 2.40 bits per heavy atom. The van der Waals surface area contributed by atoms with Crippen LogP contribution in [0.3, 0.4) is 0 Å². The smallest absolute Gasteiger partial charge is 0.426 e. The monoisotopic (exact) mass is 242 g/mol. The molecule has 0 aromatic carbocycles. The van der Waals surface area contributed by atoms with Crippen molar-refractivity contribution >= 4 is 18.1 Å². The number of halogens is 4. The summed E-state index contributed by atoms with van der Waals surface area (Å²) in [6.45, 7) is 3.66. The molecule has 0 saturated heterocycles. The van der Waals surface area contributed by atoms with Crippen LogP contribution in [0.25, 0.3) is 0 Å². The summed E-state index contributed by atoms with van der Waals surface area (Å²) in [5.41, 5.74) is -0.480. The summed E-state index contributed by atoms with van der Waals surface area (Å²) in [6.07, 6.45) is -4.16. The van der Waals surface area contributed by atoms with E-state index in [0.29, 0.717) is 0 Å². The Balaban J connectivity index is 2.73. The Morgan fingerprint density at radius 2 is 2.00 bits per heavy atom. The van der Waals surface area contributed by atoms with Crippen LogP contribution in [0.4, 0.5) is 13.2 Å². The lowest BCUT2D eigenvalue weighted by molar-refractivity contribution is -0.130. The van der Waals surface area contributed by atoms with E-state index < -0.39 is 28.6 Å². The zero-order valence-electron chi connectivity index (χ0n) is 8.14. The number of carbonyl (C=O) groups is 1. The molecule has 0 amide bonds. The molecule has 1 aliphatic rings. The van der Waals surface area contributed by atoms with Crippen LogP contribution in [0, 0.1) is 11.3 Å². The molecule has 0 bridgehead atoms. The molecule has 0 aromatic rings. The van der Waals surface area contributed by atoms with Gasteiger partial charge in [0.25, 0.3) is 6.47 Å². The van der Waals surface area contributed by atoms with Gasteiger partial charge >= 0.3 is 6.18 Å². The first-order valence-corrected chi connectivity index (χ1v) is 4.62. The first-order valence-electron chi connectivity index (χ1n) is 4.25. The second-order valence-corrected chi connectivity index (χ2v) is 4.42. The molecule has 2 unspecified atom stereocenters. The first kappa shape index (κ1) is 12.4. The summed E-state index contributed by atoms with van der Waals surface area (Å²) in [5.74, 6) is -0.475. The Bertz CT molecular complexity index is 296. The highest BCUT2D eigenvalue weighted by Crippen LogP contribution is 2.55. The van der Waals surface area contributed by atoms with E-state index in [1.807, 2.05) is 0 Å². The van der Waals surface area contributed by atoms with Crippen molar-refractivity contribution in [2.24, 2.45) is 11.3 Å². The molecule has 86 valence electrons. The highest BCUT2D eigenvalue weighted by atomic mass is 35.5. The fourth-order valence-corrected chi connectivity index (χ4v) is 1.64. The van der Waals surface area contributed by atoms with E-state index in [4.69, 9.17) is 11.6 Å². The maximum atomic E-state index is 12.1. The molecular formula is C9H10ClF3O2. The maximum Gasteiger partial charge on any atom is 0.426 e. The van der Waals surface area contributed by atoms with E-state index in [-0.39, 0.29) is 6.47 Å². The van der Waals surface area contributed by atoms with Crippen molar-refractivity contribution in [1.29, 1.82) is 0 Å². The average molecular weight is 243 g/mol. The minimum Gasteiger partial charge on any atom is -0.463 e. The Kier molecular flexibility index (Phi) is 3.05. The van der Waals surface area contributed by atoms with Crippen LogP contribution in [0.1, 0.15) is 13.8 Å². The normalized spacial score (nSPS) is 29.9. The van der Waals surface area contributed by atoms with Crippen molar-refractivity contribution in [1.82, 2.24) is 0 Å². The third-order valence-electron chi connectivity index (χ3n) is 2.61. The highest BCUT2D eigenvalue weighted by Gasteiger charge is 2.59. The molecule has 15 heavy (non-hydrogen) atoms. The van der Waals surface area contributed by atoms with Crippen LogP contribution in [-0.2, 0) is 9.53 Å². The van der Waals surface area contributed by atoms with Crippen molar-refractivity contribution < 1.29 is 22.7 Å². The third kappa shape index (κ3) is 2.45. The van der Waals surface area contributed by atoms with Gasteiger partial charge in [-0.05, 0) is 0 Å². The Morgan fingerprint density at radius 1 is 1.47 bits per heavy atom. The zero-order chi connectivity index (χ0) is 11.9. The van der Waals surface area contributed by atoms with Gasteiger partial charge in [0.1, 0.15) is 11.1 Å². The number of hydrogen-bond donors (Lipinski definition) is 0. The SMILES string of the molecule is CC1(C)C(C=C(Cl)C(F)(F)F)C1OC=O. The van der Waals surface area contributed by atoms with Gasteiger partial charge in [-0.25, -0.2) is 0 Å². The third-order valence-corrected chi connectivity index (χ3v) is 2.95. The van der Waals surface area contributed by atoms with E-state index in [9.17, 15) is 18.0 Å². The molecule has 0 spiro atoms. The second-order valence-electron chi connectivity index (χ2n) is 4.01. The predicted octanol–water partition coefficient (Wildman–Crippen LogP) is 2.87. The summed E-state index contributed by atoms with van der Waals surface area (Å²) in [7, 11) is 0. The topological polar surface area (TPSA) is 26.3 Å². The van der Waals surface area contributed by atoms with Gasteiger partial charge in [0.2, 0.25) is 0 Å². The molecule has 2 nitrogen and oxygen atoms in total. The molecule has 1 saturated carbocycles. The molecule has 1 aliphatic carbocycles. The lowest BCUT2D eigenvalue weighted by atomic mass is 10.1. The van der Waals surface area contributed by atoms with Crippen LogP contribution in [0.5, 0.6) is 0 Å². The van der Waals surface area contributed by atoms with Crippen LogP contribution in [-0.4, -0.2) is 18.8 Å². The largest absolute Gasteiger partial charge is 0.463 e. The maximum absolute atomic E-state index is 12.1. The number of allylic oxidation sites excluding steroid dienone is 1. The van der Waals surface area contributed by atoms with Crippen molar-refractivity contribution in [3.8, 4) is 0 Å². The highest BCUT2D eigenvalue weighted by molar-refractivity contribution is 6.30. The standard InChI is InChI=1S/C9H10ClF3O2/c1-8(2)5(7(8)15-4-14)3-6(10)9(11,12)13/h3-5,7H,1-2H3. The van der Waals surface area contributed by atoms with E-state index in [1.54, 1.807) is 13.8 Å². The van der Waals surface area contributed by atoms with Gasteiger partial charge in [-0.15, -0.1) is 0 Å². The van der Waals surface area contributed by atoms with Gasteiger partial charge in [0, 0.05) is 11.3 Å². The molecule has 0 aliphatic heterocycles. The van der Waals surface area contributed by atoms with Crippen LogP contribution in [0.2, 0.25) is 0 Å². The minimum absolute atomic E-state index is 0.238. The Labute approximate surface area is 90.0 Å². The van der Waals surface area contributed by atoms with Gasteiger partial charge < -0.3 is 4.74 Å². The van der Waals surface area contributed by atoms with E-state index in [2.05, 4.69) is 4.74 Å². The van der Waals surface area contributed by atoms with Gasteiger partial charge in [0.15, 0.2) is 0 Å². The Hall–Kier alpha value is -0.710. The molecule has 2 atom stereocenters. The lowest BCUT2D eigenvalue weighted by Crippen LogP contribution is -2.07. The summed E-state index contributed by atoms with van der Waals surface area (Å²) in [5, 5.41) is -1.17. The van der Waals surface area contributed by atoms with E-state index in [0.717, 1.165) is 6.08 Å². The number of carbonyl (C=O) groups excluding carboxylic acids is 1. The van der Waals surface area contributed by atoms with Crippen molar-refractivity contribution in [3.63, 3.8) is 0 Å². The molecular weight excluding hydrogens is 233 g/mol. The van der Waals surface area contributed by atoms with Crippen LogP contribution >= 0.6 is 11.6 Å². The molecule has 1 fully saturated rings. The summed E-state index contributed by atoms with van der Waals surface area (Å²) >= 11 is 5.08. The van der Waals surface area contributed by atoms with Crippen LogP contribution in [0.15, 0.2) is 11.1 Å². The molecule has 0 heterocycles. The van der Waals surface area contributed by atoms with Crippen LogP contribution < -0.4 is 0 Å². The van der Waals surface area contributed by atoms with Gasteiger partial charge in [0.05, 0.1) is 0 Å². The lowest BCUT2D eigenvalue weighted by Gasteiger charge is -2.03. The quantitative estimate of drug-likeness (QED) is 0.712. The number of hydrogen-bond acceptors (Lipinski definition) is 2. The fourth-order valence-electron chi connectivity index (χ4n) is 1.50. The molecule has 1 rings (SSSR count). The number of rotatable bonds is 3. The second kappa shape index (κ2) is 3.70. The number of ether oxygens (including phenoxy) is 1. The molecule has 0 radical (unpaired) electrons. The minimum atomic E-state index is -4.54. The predicted molar refractivity (Wildman–Crippen MR) is 48.2 cm³/mol. The van der Waals surface area contributed by atoms with Gasteiger partial charge in [-0.3, -0.25) is 4.79 Å². The van der Waals surface area contributed by atoms with Gasteiger partial charge in [-0.1, -0.05) is 31.5 Å². The number of alkyl halides is 3. The summed E-state index contributed by atoms with van der Waals surface area (Å²) < 4.78 is 40.9. The van der Waals surface area contributed by atoms with Crippen molar-refractivity contribution in [2.75, 3.05) is 0 Å². The average Bonchev–Trinajstić information content (AvgIpc) is 2.54. The first-order chi connectivity index (χ1) is 6.71. The fraction of sp³-hybridized carbons (Fsp3) is 0.667. The zero-order valence-corrected chi connectivity index (χ0v) is 8.89. The summed E-state index contributed by atoms with van der Waals surface area (Å²) in [6, 6.07) is 0. The molecule has 0 aromatic heterocycles. The molecule has 0 N–H and O–H groups in total. The van der Waals surface area contributed by atoms with E-state index in [1.165, 1.54) is 0 Å². The van der Waals surface area contributed by atoms with Gasteiger partial charge in [-0.2, -0.15) is 13.2 Å². The molecule has 6 heteroatoms.